The van der Waals surface area contributed by atoms with Crippen molar-refractivity contribution in [2.75, 3.05) is 5.32 Å². The highest BCUT2D eigenvalue weighted by molar-refractivity contribution is 5.91. The SMILES string of the molecule is Cc1ccc(F)c(NC(=O)CCc2c(C)nn(CCC#N)c2C)c1. The van der Waals surface area contributed by atoms with Crippen molar-refractivity contribution in [3.05, 3.63) is 46.5 Å². The highest BCUT2D eigenvalue weighted by atomic mass is 19.1. The Labute approximate surface area is 141 Å². The van der Waals surface area contributed by atoms with Gasteiger partial charge in [-0.25, -0.2) is 4.39 Å². The van der Waals surface area contributed by atoms with E-state index in [9.17, 15) is 9.18 Å². The van der Waals surface area contributed by atoms with Gasteiger partial charge in [-0.3, -0.25) is 9.48 Å². The van der Waals surface area contributed by atoms with Crippen molar-refractivity contribution < 1.29 is 9.18 Å². The Hall–Kier alpha value is -2.68. The van der Waals surface area contributed by atoms with Crippen LogP contribution in [0.2, 0.25) is 0 Å². The zero-order valence-corrected chi connectivity index (χ0v) is 14.2. The zero-order valence-electron chi connectivity index (χ0n) is 14.2. The first-order valence-electron chi connectivity index (χ1n) is 7.88. The second-order valence-corrected chi connectivity index (χ2v) is 5.81. The molecule has 0 fully saturated rings. The Bertz CT molecular complexity index is 789. The van der Waals surface area contributed by atoms with Gasteiger partial charge in [-0.1, -0.05) is 6.07 Å². The number of nitrogens with zero attached hydrogens (tertiary/aromatic N) is 3. The maximum atomic E-state index is 13.7. The molecule has 0 aliphatic carbocycles. The summed E-state index contributed by atoms with van der Waals surface area (Å²) in [5.74, 6) is -0.672. The number of rotatable bonds is 6. The fourth-order valence-corrected chi connectivity index (χ4v) is 2.66. The second-order valence-electron chi connectivity index (χ2n) is 5.81. The van der Waals surface area contributed by atoms with Gasteiger partial charge in [0.05, 0.1) is 30.4 Å². The molecule has 0 aliphatic rings. The minimum absolute atomic E-state index is 0.207. The summed E-state index contributed by atoms with van der Waals surface area (Å²) >= 11 is 0. The molecule has 1 N–H and O–H groups in total. The summed E-state index contributed by atoms with van der Waals surface area (Å²) < 4.78 is 15.5. The van der Waals surface area contributed by atoms with Crippen LogP contribution >= 0.6 is 0 Å². The van der Waals surface area contributed by atoms with Gasteiger partial charge in [0.25, 0.3) is 0 Å². The average Bonchev–Trinajstić information content (AvgIpc) is 2.81. The molecule has 0 bridgehead atoms. The monoisotopic (exact) mass is 328 g/mol. The number of nitrogens with one attached hydrogen (secondary N) is 1. The molecule has 1 aromatic heterocycles. The smallest absolute Gasteiger partial charge is 0.224 e. The molecule has 1 aromatic carbocycles. The quantitative estimate of drug-likeness (QED) is 0.883. The van der Waals surface area contributed by atoms with Gasteiger partial charge in [0, 0.05) is 12.1 Å². The van der Waals surface area contributed by atoms with E-state index in [0.717, 1.165) is 22.5 Å². The van der Waals surface area contributed by atoms with E-state index in [-0.39, 0.29) is 18.0 Å². The average molecular weight is 328 g/mol. The number of amides is 1. The summed E-state index contributed by atoms with van der Waals surface area (Å²) in [6, 6.07) is 6.72. The van der Waals surface area contributed by atoms with Crippen molar-refractivity contribution in [2.45, 2.75) is 46.6 Å². The molecule has 2 rings (SSSR count). The molecular formula is C18H21FN4O. The van der Waals surface area contributed by atoms with Gasteiger partial charge in [0.15, 0.2) is 0 Å². The van der Waals surface area contributed by atoms with Gasteiger partial charge in [-0.05, 0) is 50.5 Å². The molecule has 0 saturated carbocycles. The third-order valence-electron chi connectivity index (χ3n) is 3.96. The summed E-state index contributed by atoms with van der Waals surface area (Å²) in [6.07, 6.45) is 1.18. The van der Waals surface area contributed by atoms with Crippen molar-refractivity contribution in [3.63, 3.8) is 0 Å². The number of aryl methyl sites for hydroxylation is 3. The van der Waals surface area contributed by atoms with Crippen LogP contribution in [0.5, 0.6) is 0 Å². The van der Waals surface area contributed by atoms with Crippen LogP contribution in [0.3, 0.4) is 0 Å². The highest BCUT2D eigenvalue weighted by Gasteiger charge is 2.14. The molecule has 0 unspecified atom stereocenters. The van der Waals surface area contributed by atoms with E-state index in [0.29, 0.717) is 19.4 Å². The molecule has 24 heavy (non-hydrogen) atoms. The lowest BCUT2D eigenvalue weighted by Crippen LogP contribution is -2.14. The van der Waals surface area contributed by atoms with Gasteiger partial charge in [-0.15, -0.1) is 0 Å². The number of aromatic nitrogens is 2. The van der Waals surface area contributed by atoms with Crippen LogP contribution in [-0.4, -0.2) is 15.7 Å². The van der Waals surface area contributed by atoms with Crippen LogP contribution in [0.1, 0.15) is 35.4 Å². The van der Waals surface area contributed by atoms with Gasteiger partial charge in [0.2, 0.25) is 5.91 Å². The Morgan fingerprint density at radius 2 is 2.12 bits per heavy atom. The van der Waals surface area contributed by atoms with Crippen molar-refractivity contribution in [1.82, 2.24) is 9.78 Å². The summed E-state index contributed by atoms with van der Waals surface area (Å²) in [5.41, 5.74) is 3.93. The Morgan fingerprint density at radius 1 is 1.38 bits per heavy atom. The van der Waals surface area contributed by atoms with Crippen molar-refractivity contribution in [3.8, 4) is 6.07 Å². The molecule has 0 radical (unpaired) electrons. The van der Waals surface area contributed by atoms with E-state index in [1.54, 1.807) is 16.8 Å². The maximum absolute atomic E-state index is 13.7. The lowest BCUT2D eigenvalue weighted by Gasteiger charge is -2.08. The van der Waals surface area contributed by atoms with E-state index >= 15 is 0 Å². The fourth-order valence-electron chi connectivity index (χ4n) is 2.66. The van der Waals surface area contributed by atoms with Gasteiger partial charge in [0.1, 0.15) is 5.82 Å². The van der Waals surface area contributed by atoms with Crippen LogP contribution in [0.4, 0.5) is 10.1 Å². The van der Waals surface area contributed by atoms with Crippen molar-refractivity contribution in [2.24, 2.45) is 0 Å². The minimum Gasteiger partial charge on any atom is -0.324 e. The first kappa shape index (κ1) is 17.7. The number of carbonyl (C=O) groups is 1. The summed E-state index contributed by atoms with van der Waals surface area (Å²) in [7, 11) is 0. The third kappa shape index (κ3) is 4.19. The lowest BCUT2D eigenvalue weighted by atomic mass is 10.1. The summed E-state index contributed by atoms with van der Waals surface area (Å²) in [5, 5.41) is 15.7. The normalized spacial score (nSPS) is 10.5. The summed E-state index contributed by atoms with van der Waals surface area (Å²) in [4.78, 5) is 12.1. The van der Waals surface area contributed by atoms with Gasteiger partial charge in [-0.2, -0.15) is 10.4 Å². The predicted molar refractivity (Wildman–Crippen MR) is 90.0 cm³/mol. The molecule has 2 aromatic rings. The largest absolute Gasteiger partial charge is 0.324 e. The van der Waals surface area contributed by atoms with Crippen LogP contribution in [0.15, 0.2) is 18.2 Å². The maximum Gasteiger partial charge on any atom is 0.224 e. The van der Waals surface area contributed by atoms with Crippen LogP contribution in [0.25, 0.3) is 0 Å². The number of halogens is 1. The third-order valence-corrected chi connectivity index (χ3v) is 3.96. The molecule has 6 heteroatoms. The number of hydrogen-bond donors (Lipinski definition) is 1. The van der Waals surface area contributed by atoms with Gasteiger partial charge < -0.3 is 5.32 Å². The summed E-state index contributed by atoms with van der Waals surface area (Å²) in [6.45, 7) is 6.22. The minimum atomic E-state index is -0.439. The van der Waals surface area contributed by atoms with Gasteiger partial charge >= 0.3 is 0 Å². The molecule has 1 heterocycles. The molecule has 0 saturated heterocycles. The van der Waals surface area contributed by atoms with E-state index in [1.807, 2.05) is 20.8 Å². The number of benzene rings is 1. The first-order valence-corrected chi connectivity index (χ1v) is 7.88. The number of carbonyl (C=O) groups excluding carboxylic acids is 1. The number of nitriles is 1. The van der Waals surface area contributed by atoms with E-state index in [1.165, 1.54) is 6.07 Å². The first-order chi connectivity index (χ1) is 11.4. The van der Waals surface area contributed by atoms with Crippen LogP contribution in [0, 0.1) is 37.9 Å². The second kappa shape index (κ2) is 7.73. The number of hydrogen-bond acceptors (Lipinski definition) is 3. The van der Waals surface area contributed by atoms with E-state index in [4.69, 9.17) is 5.26 Å². The fraction of sp³-hybridized carbons (Fsp3) is 0.389. The van der Waals surface area contributed by atoms with E-state index in [2.05, 4.69) is 16.5 Å². The molecule has 5 nitrogen and oxygen atoms in total. The highest BCUT2D eigenvalue weighted by Crippen LogP contribution is 2.18. The molecule has 0 aliphatic heterocycles. The molecule has 0 atom stereocenters. The Morgan fingerprint density at radius 3 is 2.83 bits per heavy atom. The standard InChI is InChI=1S/C18H21FN4O/c1-12-5-7-16(19)17(11-12)21-18(24)8-6-15-13(2)22-23(14(15)3)10-4-9-20/h5,7,11H,4,6,8,10H2,1-3H3,(H,21,24). The molecule has 1 amide bonds. The molecule has 0 spiro atoms. The molecular weight excluding hydrogens is 307 g/mol. The number of anilines is 1. The van der Waals surface area contributed by atoms with Crippen LogP contribution in [-0.2, 0) is 17.8 Å². The Kier molecular flexibility index (Phi) is 5.69. The van der Waals surface area contributed by atoms with Crippen molar-refractivity contribution >= 4 is 11.6 Å². The molecule has 126 valence electrons. The predicted octanol–water partition coefficient (Wildman–Crippen LogP) is 3.43. The van der Waals surface area contributed by atoms with Crippen LogP contribution < -0.4 is 5.32 Å². The lowest BCUT2D eigenvalue weighted by molar-refractivity contribution is -0.116. The van der Waals surface area contributed by atoms with E-state index < -0.39 is 5.82 Å². The topological polar surface area (TPSA) is 70.7 Å². The Balaban J connectivity index is 2.00. The van der Waals surface area contributed by atoms with Crippen molar-refractivity contribution in [1.29, 1.82) is 5.26 Å². The zero-order chi connectivity index (χ0) is 17.7.